The van der Waals surface area contributed by atoms with Crippen LogP contribution in [0, 0.1) is 0 Å². The number of phenolic OH excluding ortho intramolecular Hbond substituents is 1. The highest BCUT2D eigenvalue weighted by Gasteiger charge is 2.17. The lowest BCUT2D eigenvalue weighted by atomic mass is 9.85. The number of phenols is 1. The van der Waals surface area contributed by atoms with E-state index >= 15 is 0 Å². The molecular weight excluding hydrogens is 400 g/mol. The van der Waals surface area contributed by atoms with Gasteiger partial charge in [0.15, 0.2) is 0 Å². The summed E-state index contributed by atoms with van der Waals surface area (Å²) < 4.78 is 0. The van der Waals surface area contributed by atoms with Crippen molar-refractivity contribution in [1.29, 1.82) is 0 Å². The number of rotatable bonds is 10. The monoisotopic (exact) mass is 442 g/mol. The first kappa shape index (κ1) is 25.1. The minimum Gasteiger partial charge on any atom is -0.508 e. The maximum atomic E-state index is 10.9. The van der Waals surface area contributed by atoms with Crippen LogP contribution >= 0.6 is 0 Å². The fourth-order valence-corrected chi connectivity index (χ4v) is 5.72. The number of aryl methyl sites for hydroxylation is 2. The summed E-state index contributed by atoms with van der Waals surface area (Å²) in [4.78, 5) is 0. The van der Waals surface area contributed by atoms with Gasteiger partial charge in [-0.2, -0.15) is 0 Å². The molecule has 0 saturated carbocycles. The van der Waals surface area contributed by atoms with E-state index < -0.39 is 0 Å². The van der Waals surface area contributed by atoms with Gasteiger partial charge in [-0.15, -0.1) is 0 Å². The summed E-state index contributed by atoms with van der Waals surface area (Å²) in [5.41, 5.74) is 14.0. The summed E-state index contributed by atoms with van der Waals surface area (Å²) in [5, 5.41) is 10.9. The molecule has 0 spiro atoms. The van der Waals surface area contributed by atoms with Gasteiger partial charge in [0.2, 0.25) is 0 Å². The molecule has 1 nitrogen and oxygen atoms in total. The van der Waals surface area contributed by atoms with E-state index in [1.165, 1.54) is 50.1 Å². The molecule has 0 aromatic heterocycles. The van der Waals surface area contributed by atoms with Gasteiger partial charge in [0.25, 0.3) is 0 Å². The summed E-state index contributed by atoms with van der Waals surface area (Å²) in [5.74, 6) is 0.422. The Morgan fingerprint density at radius 3 is 1.27 bits per heavy atom. The van der Waals surface area contributed by atoms with E-state index in [1.807, 2.05) is 12.1 Å². The Bertz CT molecular complexity index is 1090. The van der Waals surface area contributed by atoms with Crippen molar-refractivity contribution < 1.29 is 5.11 Å². The van der Waals surface area contributed by atoms with E-state index in [-0.39, 0.29) is 0 Å². The van der Waals surface area contributed by atoms with Crippen LogP contribution in [-0.2, 0) is 51.4 Å². The summed E-state index contributed by atoms with van der Waals surface area (Å²) in [6.45, 7) is 13.6. The molecule has 0 saturated heterocycles. The second kappa shape index (κ2) is 11.5. The molecule has 33 heavy (non-hydrogen) atoms. The minimum absolute atomic E-state index is 0.422. The second-order valence-electron chi connectivity index (χ2n) is 9.07. The number of hydrogen-bond donors (Lipinski definition) is 1. The van der Waals surface area contributed by atoms with Gasteiger partial charge in [-0.3, -0.25) is 0 Å². The fraction of sp³-hybridized carbons (Fsp3) is 0.438. The lowest BCUT2D eigenvalue weighted by Crippen LogP contribution is -2.07. The van der Waals surface area contributed by atoms with Gasteiger partial charge in [0, 0.05) is 12.0 Å². The van der Waals surface area contributed by atoms with Crippen LogP contribution in [0.15, 0.2) is 42.5 Å². The Morgan fingerprint density at radius 1 is 0.424 bits per heavy atom. The quantitative estimate of drug-likeness (QED) is 0.338. The average Bonchev–Trinajstić information content (AvgIpc) is 2.84. The van der Waals surface area contributed by atoms with Crippen molar-refractivity contribution in [2.75, 3.05) is 0 Å². The van der Waals surface area contributed by atoms with E-state index in [2.05, 4.69) is 71.9 Å². The molecule has 0 aliphatic heterocycles. The van der Waals surface area contributed by atoms with E-state index in [0.29, 0.717) is 5.75 Å². The molecule has 0 atom stereocenters. The Morgan fingerprint density at radius 2 is 0.818 bits per heavy atom. The predicted octanol–water partition coefficient (Wildman–Crippen LogP) is 7.95. The SMILES string of the molecule is CCc1ccc(Cc2cccc(O)c2Cc2ccc(CC)c(CC)c2CC)c(CC)c1CC. The van der Waals surface area contributed by atoms with Gasteiger partial charge < -0.3 is 5.11 Å². The normalized spacial score (nSPS) is 11.2. The number of aromatic hydroxyl groups is 1. The smallest absolute Gasteiger partial charge is 0.119 e. The van der Waals surface area contributed by atoms with Crippen molar-refractivity contribution >= 4 is 0 Å². The standard InChI is InChI=1S/C32H42O/c1-7-22-16-18-25(29(11-5)27(22)9-3)20-24-14-13-15-32(33)31(24)21-26-19-17-23(8-2)28(10-4)30(26)12-6/h13-19,33H,7-12,20-21H2,1-6H3. The Hall–Kier alpha value is -2.54. The molecule has 0 aliphatic carbocycles. The lowest BCUT2D eigenvalue weighted by molar-refractivity contribution is 0.468. The molecule has 3 rings (SSSR count). The van der Waals surface area contributed by atoms with Gasteiger partial charge in [-0.1, -0.05) is 77.9 Å². The molecule has 3 aromatic carbocycles. The van der Waals surface area contributed by atoms with Gasteiger partial charge >= 0.3 is 0 Å². The zero-order chi connectivity index (χ0) is 24.0. The Labute approximate surface area is 201 Å². The zero-order valence-electron chi connectivity index (χ0n) is 21.6. The minimum atomic E-state index is 0.422. The molecule has 1 N–H and O–H groups in total. The molecule has 0 unspecified atom stereocenters. The van der Waals surface area contributed by atoms with Gasteiger partial charge in [0.05, 0.1) is 0 Å². The zero-order valence-corrected chi connectivity index (χ0v) is 21.6. The number of benzene rings is 3. The molecule has 0 amide bonds. The van der Waals surface area contributed by atoms with Crippen molar-refractivity contribution in [3.05, 3.63) is 98.1 Å². The van der Waals surface area contributed by atoms with Crippen LogP contribution in [0.4, 0.5) is 0 Å². The van der Waals surface area contributed by atoms with Crippen LogP contribution in [-0.4, -0.2) is 5.11 Å². The highest BCUT2D eigenvalue weighted by atomic mass is 16.3. The summed E-state index contributed by atoms with van der Waals surface area (Å²) in [7, 11) is 0. The first-order valence-electron chi connectivity index (χ1n) is 13.1. The molecule has 1 heteroatoms. The van der Waals surface area contributed by atoms with Crippen LogP contribution in [0.2, 0.25) is 0 Å². The van der Waals surface area contributed by atoms with Crippen LogP contribution in [0.25, 0.3) is 0 Å². The largest absolute Gasteiger partial charge is 0.508 e. The van der Waals surface area contributed by atoms with Crippen molar-refractivity contribution in [1.82, 2.24) is 0 Å². The molecule has 176 valence electrons. The van der Waals surface area contributed by atoms with E-state index in [1.54, 1.807) is 0 Å². The number of hydrogen-bond acceptors (Lipinski definition) is 1. The summed E-state index contributed by atoms with van der Waals surface area (Å²) >= 11 is 0. The van der Waals surface area contributed by atoms with Gasteiger partial charge in [-0.25, -0.2) is 0 Å². The molecule has 0 radical (unpaired) electrons. The third kappa shape index (κ3) is 5.18. The van der Waals surface area contributed by atoms with Crippen molar-refractivity contribution in [3.63, 3.8) is 0 Å². The third-order valence-corrected chi connectivity index (χ3v) is 7.42. The van der Waals surface area contributed by atoms with Crippen LogP contribution in [0.1, 0.15) is 97.2 Å². The Kier molecular flexibility index (Phi) is 8.78. The molecule has 0 fully saturated rings. The molecule has 3 aromatic rings. The molecular formula is C32H42O. The van der Waals surface area contributed by atoms with Crippen molar-refractivity contribution in [3.8, 4) is 5.75 Å². The highest BCUT2D eigenvalue weighted by Crippen LogP contribution is 2.31. The summed E-state index contributed by atoms with van der Waals surface area (Å²) in [6.07, 6.45) is 8.06. The maximum absolute atomic E-state index is 10.9. The van der Waals surface area contributed by atoms with E-state index in [0.717, 1.165) is 56.9 Å². The van der Waals surface area contributed by atoms with Crippen molar-refractivity contribution in [2.45, 2.75) is 92.9 Å². The van der Waals surface area contributed by atoms with Crippen LogP contribution in [0.5, 0.6) is 5.75 Å². The van der Waals surface area contributed by atoms with Crippen LogP contribution in [0.3, 0.4) is 0 Å². The van der Waals surface area contributed by atoms with Crippen molar-refractivity contribution in [2.24, 2.45) is 0 Å². The maximum Gasteiger partial charge on any atom is 0.119 e. The topological polar surface area (TPSA) is 20.2 Å². The predicted molar refractivity (Wildman–Crippen MR) is 143 cm³/mol. The third-order valence-electron chi connectivity index (χ3n) is 7.42. The second-order valence-corrected chi connectivity index (χ2v) is 9.07. The van der Waals surface area contributed by atoms with Gasteiger partial charge in [-0.05, 0) is 101 Å². The first-order chi connectivity index (χ1) is 16.0. The average molecular weight is 443 g/mol. The molecule has 0 bridgehead atoms. The van der Waals surface area contributed by atoms with E-state index in [4.69, 9.17) is 0 Å². The fourth-order valence-electron chi connectivity index (χ4n) is 5.72. The van der Waals surface area contributed by atoms with Crippen LogP contribution < -0.4 is 0 Å². The first-order valence-corrected chi connectivity index (χ1v) is 13.1. The highest BCUT2D eigenvalue weighted by molar-refractivity contribution is 5.50. The van der Waals surface area contributed by atoms with E-state index in [9.17, 15) is 5.11 Å². The van der Waals surface area contributed by atoms with Gasteiger partial charge in [0.1, 0.15) is 5.75 Å². The Balaban J connectivity index is 2.06. The molecule has 0 heterocycles. The molecule has 0 aliphatic rings. The lowest BCUT2D eigenvalue weighted by Gasteiger charge is -2.20. The summed E-state index contributed by atoms with van der Waals surface area (Å²) in [6, 6.07) is 15.3.